The summed E-state index contributed by atoms with van der Waals surface area (Å²) in [4.78, 5) is 17.4. The number of halogens is 2. The van der Waals surface area contributed by atoms with Gasteiger partial charge in [-0.15, -0.1) is 0 Å². The van der Waals surface area contributed by atoms with Gasteiger partial charge in [0.25, 0.3) is 0 Å². The molecule has 6 heteroatoms. The summed E-state index contributed by atoms with van der Waals surface area (Å²) in [6.45, 7) is 6.33. The van der Waals surface area contributed by atoms with E-state index in [1.54, 1.807) is 0 Å². The van der Waals surface area contributed by atoms with E-state index in [2.05, 4.69) is 34.5 Å². The first kappa shape index (κ1) is 22.4. The van der Waals surface area contributed by atoms with E-state index >= 15 is 0 Å². The minimum Gasteiger partial charge on any atom is -0.360 e. The molecule has 2 fully saturated rings. The highest BCUT2D eigenvalue weighted by Crippen LogP contribution is 2.36. The van der Waals surface area contributed by atoms with Gasteiger partial charge in [-0.05, 0) is 80.6 Å². The van der Waals surface area contributed by atoms with Crippen LogP contribution in [-0.2, 0) is 4.79 Å². The summed E-state index contributed by atoms with van der Waals surface area (Å²) in [7, 11) is 0. The molecule has 2 heterocycles. The van der Waals surface area contributed by atoms with Crippen LogP contribution in [0.5, 0.6) is 0 Å². The highest BCUT2D eigenvalue weighted by molar-refractivity contribution is 6.33. The van der Waals surface area contributed by atoms with Crippen molar-refractivity contribution in [1.29, 1.82) is 0 Å². The van der Waals surface area contributed by atoms with E-state index in [4.69, 9.17) is 23.2 Å². The Kier molecular flexibility index (Phi) is 7.42. The molecule has 2 atom stereocenters. The lowest BCUT2D eigenvalue weighted by molar-refractivity contribution is -0.132. The van der Waals surface area contributed by atoms with Crippen molar-refractivity contribution in [3.05, 3.63) is 63.6 Å². The maximum Gasteiger partial charge on any atom is 0.222 e. The van der Waals surface area contributed by atoms with Gasteiger partial charge in [0.05, 0.1) is 16.8 Å². The van der Waals surface area contributed by atoms with Gasteiger partial charge >= 0.3 is 0 Å². The van der Waals surface area contributed by atoms with E-state index in [1.807, 2.05) is 30.0 Å². The van der Waals surface area contributed by atoms with Crippen molar-refractivity contribution < 1.29 is 4.79 Å². The van der Waals surface area contributed by atoms with Crippen LogP contribution in [0.4, 0.5) is 5.69 Å². The molecule has 0 radical (unpaired) electrons. The zero-order valence-corrected chi connectivity index (χ0v) is 19.6. The molecule has 2 aliphatic heterocycles. The summed E-state index contributed by atoms with van der Waals surface area (Å²) in [5.41, 5.74) is 3.31. The van der Waals surface area contributed by atoms with Crippen LogP contribution < -0.4 is 10.2 Å². The quantitative estimate of drug-likeness (QED) is 0.643. The fraction of sp³-hybridized carbons (Fsp3) is 0.480. The Hall–Kier alpha value is -1.75. The second kappa shape index (κ2) is 10.2. The van der Waals surface area contributed by atoms with Crippen LogP contribution in [0.15, 0.2) is 42.5 Å². The number of carbonyl (C=O) groups is 1. The topological polar surface area (TPSA) is 35.6 Å². The molecular formula is C25H31Cl2N3O. The van der Waals surface area contributed by atoms with Gasteiger partial charge < -0.3 is 15.1 Å². The van der Waals surface area contributed by atoms with E-state index in [9.17, 15) is 4.79 Å². The highest BCUT2D eigenvalue weighted by Gasteiger charge is 2.32. The monoisotopic (exact) mass is 459 g/mol. The third-order valence-corrected chi connectivity index (χ3v) is 7.12. The Labute approximate surface area is 195 Å². The molecule has 166 valence electrons. The number of anilines is 1. The Morgan fingerprint density at radius 2 is 1.94 bits per heavy atom. The Morgan fingerprint density at radius 1 is 1.13 bits per heavy atom. The summed E-state index contributed by atoms with van der Waals surface area (Å²) in [5.74, 6) is 0.886. The van der Waals surface area contributed by atoms with E-state index in [1.165, 1.54) is 12.8 Å². The van der Waals surface area contributed by atoms with Crippen LogP contribution in [0.3, 0.4) is 0 Å². The highest BCUT2D eigenvalue weighted by atomic mass is 35.5. The number of rotatable bonds is 5. The molecule has 0 aliphatic carbocycles. The van der Waals surface area contributed by atoms with E-state index in [0.717, 1.165) is 54.4 Å². The predicted octanol–water partition coefficient (Wildman–Crippen LogP) is 5.47. The Morgan fingerprint density at radius 3 is 2.65 bits per heavy atom. The molecule has 2 aromatic carbocycles. The van der Waals surface area contributed by atoms with Crippen molar-refractivity contribution in [1.82, 2.24) is 10.2 Å². The standard InChI is InChI=1S/C25H31Cl2N3O/c1-18-4-10-23(22(27)15-18)30-14-13-29(17-24(30)20-6-8-21(26)9-7-20)25(31)11-5-19-3-2-12-28-16-19/h4,6-10,15,19,24,28H,2-3,5,11-14,16-17H2,1H3/t19?,24-/m0/s1. The Balaban J connectivity index is 1.51. The molecule has 2 aromatic rings. The van der Waals surface area contributed by atoms with Gasteiger partial charge in [0.15, 0.2) is 0 Å². The first-order valence-corrected chi connectivity index (χ1v) is 12.0. The van der Waals surface area contributed by atoms with Crippen LogP contribution in [0.25, 0.3) is 0 Å². The Bertz CT molecular complexity index is 896. The number of aryl methyl sites for hydroxylation is 1. The number of hydrogen-bond acceptors (Lipinski definition) is 3. The molecule has 1 unspecified atom stereocenters. The SMILES string of the molecule is Cc1ccc(N2CCN(C(=O)CCC3CCCNC3)C[C@H]2c2ccc(Cl)cc2)c(Cl)c1. The van der Waals surface area contributed by atoms with Crippen molar-refractivity contribution >= 4 is 34.8 Å². The van der Waals surface area contributed by atoms with E-state index in [0.29, 0.717) is 23.9 Å². The van der Waals surface area contributed by atoms with Gasteiger partial charge in [0.1, 0.15) is 0 Å². The molecule has 0 saturated carbocycles. The molecule has 0 bridgehead atoms. The van der Waals surface area contributed by atoms with Crippen LogP contribution in [0, 0.1) is 12.8 Å². The molecule has 1 N–H and O–H groups in total. The molecular weight excluding hydrogens is 429 g/mol. The summed E-state index contributed by atoms with van der Waals surface area (Å²) in [6, 6.07) is 14.2. The first-order valence-electron chi connectivity index (χ1n) is 11.3. The number of amides is 1. The van der Waals surface area contributed by atoms with Crippen LogP contribution in [0.1, 0.15) is 42.9 Å². The summed E-state index contributed by atoms with van der Waals surface area (Å²) < 4.78 is 0. The van der Waals surface area contributed by atoms with Crippen molar-refractivity contribution in [2.24, 2.45) is 5.92 Å². The molecule has 2 saturated heterocycles. The molecule has 2 aliphatic rings. The molecule has 4 rings (SSSR count). The largest absolute Gasteiger partial charge is 0.360 e. The average Bonchev–Trinajstić information content (AvgIpc) is 2.78. The number of piperazine rings is 1. The van der Waals surface area contributed by atoms with Crippen molar-refractivity contribution in [3.63, 3.8) is 0 Å². The predicted molar refractivity (Wildman–Crippen MR) is 129 cm³/mol. The van der Waals surface area contributed by atoms with E-state index < -0.39 is 0 Å². The summed E-state index contributed by atoms with van der Waals surface area (Å²) in [6.07, 6.45) is 4.05. The number of carbonyl (C=O) groups excluding carboxylic acids is 1. The van der Waals surface area contributed by atoms with Gasteiger partial charge in [0, 0.05) is 31.1 Å². The third kappa shape index (κ3) is 5.54. The zero-order valence-electron chi connectivity index (χ0n) is 18.1. The molecule has 31 heavy (non-hydrogen) atoms. The molecule has 0 aromatic heterocycles. The van der Waals surface area contributed by atoms with Gasteiger partial charge in [-0.2, -0.15) is 0 Å². The first-order chi connectivity index (χ1) is 15.0. The van der Waals surface area contributed by atoms with Gasteiger partial charge in [-0.1, -0.05) is 41.4 Å². The second-order valence-corrected chi connectivity index (χ2v) is 9.65. The van der Waals surface area contributed by atoms with Crippen LogP contribution in [0.2, 0.25) is 10.0 Å². The van der Waals surface area contributed by atoms with Crippen molar-refractivity contribution in [3.8, 4) is 0 Å². The third-order valence-electron chi connectivity index (χ3n) is 6.57. The number of benzene rings is 2. The van der Waals surface area contributed by atoms with Crippen LogP contribution in [-0.4, -0.2) is 43.5 Å². The van der Waals surface area contributed by atoms with Crippen LogP contribution >= 0.6 is 23.2 Å². The van der Waals surface area contributed by atoms with Gasteiger partial charge in [0.2, 0.25) is 5.91 Å². The normalized spacial score (nSPS) is 21.9. The molecule has 0 spiro atoms. The lowest BCUT2D eigenvalue weighted by atomic mass is 9.94. The van der Waals surface area contributed by atoms with E-state index in [-0.39, 0.29) is 11.9 Å². The number of hydrogen-bond donors (Lipinski definition) is 1. The fourth-order valence-corrected chi connectivity index (χ4v) is 5.24. The fourth-order valence-electron chi connectivity index (χ4n) is 4.77. The lowest BCUT2D eigenvalue weighted by Crippen LogP contribution is -2.50. The number of nitrogens with one attached hydrogen (secondary N) is 1. The minimum absolute atomic E-state index is 0.0477. The lowest BCUT2D eigenvalue weighted by Gasteiger charge is -2.43. The summed E-state index contributed by atoms with van der Waals surface area (Å²) in [5, 5.41) is 4.92. The average molecular weight is 460 g/mol. The zero-order chi connectivity index (χ0) is 21.8. The minimum atomic E-state index is 0.0477. The second-order valence-electron chi connectivity index (χ2n) is 8.81. The summed E-state index contributed by atoms with van der Waals surface area (Å²) >= 11 is 12.8. The van der Waals surface area contributed by atoms with Crippen molar-refractivity contribution in [2.75, 3.05) is 37.6 Å². The number of nitrogens with zero attached hydrogens (tertiary/aromatic N) is 2. The van der Waals surface area contributed by atoms with Crippen molar-refractivity contribution in [2.45, 2.75) is 38.6 Å². The smallest absolute Gasteiger partial charge is 0.222 e. The molecule has 1 amide bonds. The maximum absolute atomic E-state index is 13.1. The van der Waals surface area contributed by atoms with Gasteiger partial charge in [-0.25, -0.2) is 0 Å². The van der Waals surface area contributed by atoms with Gasteiger partial charge in [-0.3, -0.25) is 4.79 Å². The maximum atomic E-state index is 13.1. The molecule has 4 nitrogen and oxygen atoms in total. The number of piperidine rings is 1.